The maximum Gasteiger partial charge on any atom is 0.162 e. The molecular formula is C22H21N5. The molecule has 1 aliphatic carbocycles. The van der Waals surface area contributed by atoms with Crippen molar-refractivity contribution in [1.29, 1.82) is 0 Å². The first-order chi connectivity index (χ1) is 13.2. The Balaban J connectivity index is 1.77. The molecule has 0 unspecified atom stereocenters. The van der Waals surface area contributed by atoms with E-state index in [1.807, 2.05) is 42.2 Å². The zero-order chi connectivity index (χ0) is 18.4. The van der Waals surface area contributed by atoms with Crippen LogP contribution in [0.2, 0.25) is 0 Å². The second kappa shape index (κ2) is 6.27. The molecule has 5 heteroatoms. The number of hydrogen-bond donors (Lipinski definition) is 0. The summed E-state index contributed by atoms with van der Waals surface area (Å²) in [6.45, 7) is 4.16. The molecule has 1 saturated carbocycles. The number of aryl methyl sites for hydroxylation is 2. The Hall–Kier alpha value is -3.08. The summed E-state index contributed by atoms with van der Waals surface area (Å²) in [6.07, 6.45) is 8.95. The van der Waals surface area contributed by atoms with E-state index in [9.17, 15) is 0 Å². The van der Waals surface area contributed by atoms with E-state index >= 15 is 0 Å². The lowest BCUT2D eigenvalue weighted by Crippen LogP contribution is -2.01. The molecule has 4 aromatic rings. The van der Waals surface area contributed by atoms with Gasteiger partial charge in [-0.25, -0.2) is 9.50 Å². The van der Waals surface area contributed by atoms with Gasteiger partial charge in [0.2, 0.25) is 0 Å². The topological polar surface area (TPSA) is 56.0 Å². The maximum absolute atomic E-state index is 4.97. The maximum atomic E-state index is 4.97. The van der Waals surface area contributed by atoms with Crippen molar-refractivity contribution in [2.24, 2.45) is 0 Å². The Morgan fingerprint density at radius 2 is 1.89 bits per heavy atom. The van der Waals surface area contributed by atoms with Crippen LogP contribution in [0.5, 0.6) is 0 Å². The van der Waals surface area contributed by atoms with Gasteiger partial charge < -0.3 is 0 Å². The number of pyridine rings is 2. The van der Waals surface area contributed by atoms with Gasteiger partial charge in [-0.3, -0.25) is 9.97 Å². The van der Waals surface area contributed by atoms with Crippen molar-refractivity contribution in [3.05, 3.63) is 66.0 Å². The standard InChI is InChI=1S/C22H21N5/c1-3-18-7-6-17(13-24-18)21-14(2)25-22-19(15-8-10-23-11-9-15)12-20(16-4-5-16)26-27(21)22/h6-13,16H,3-5H2,1-2H3. The number of fused-ring (bicyclic) bond motifs is 1. The molecule has 0 aliphatic heterocycles. The Morgan fingerprint density at radius 3 is 2.56 bits per heavy atom. The fourth-order valence-electron chi connectivity index (χ4n) is 3.57. The van der Waals surface area contributed by atoms with E-state index in [1.165, 1.54) is 12.8 Å². The van der Waals surface area contributed by atoms with Crippen LogP contribution < -0.4 is 0 Å². The van der Waals surface area contributed by atoms with Crippen LogP contribution in [-0.2, 0) is 6.42 Å². The largest absolute Gasteiger partial charge is 0.265 e. The van der Waals surface area contributed by atoms with Crippen LogP contribution in [0.4, 0.5) is 0 Å². The summed E-state index contributed by atoms with van der Waals surface area (Å²) in [5.41, 5.74) is 8.41. The van der Waals surface area contributed by atoms with Crippen molar-refractivity contribution in [2.45, 2.75) is 39.0 Å². The molecule has 0 N–H and O–H groups in total. The molecule has 0 radical (unpaired) electrons. The Morgan fingerprint density at radius 1 is 1.07 bits per heavy atom. The summed E-state index contributed by atoms with van der Waals surface area (Å²) in [6, 6.07) is 10.5. The highest BCUT2D eigenvalue weighted by Gasteiger charge is 2.28. The first-order valence-corrected chi connectivity index (χ1v) is 9.50. The molecule has 4 heterocycles. The SMILES string of the molecule is CCc1ccc(-c2c(C)nc3c(-c4ccncc4)cc(C4CC4)nn23)cn1. The van der Waals surface area contributed by atoms with Gasteiger partial charge in [-0.05, 0) is 62.1 Å². The van der Waals surface area contributed by atoms with Gasteiger partial charge >= 0.3 is 0 Å². The zero-order valence-electron chi connectivity index (χ0n) is 15.6. The van der Waals surface area contributed by atoms with Crippen molar-refractivity contribution in [1.82, 2.24) is 24.6 Å². The molecule has 0 spiro atoms. The van der Waals surface area contributed by atoms with Gasteiger partial charge in [0.15, 0.2) is 5.65 Å². The molecule has 5 rings (SSSR count). The predicted octanol–water partition coefficient (Wildman–Crippen LogP) is 4.60. The fourth-order valence-corrected chi connectivity index (χ4v) is 3.57. The molecular weight excluding hydrogens is 334 g/mol. The highest BCUT2D eigenvalue weighted by atomic mass is 15.3. The molecule has 134 valence electrons. The van der Waals surface area contributed by atoms with E-state index in [0.717, 1.165) is 51.5 Å². The third kappa shape index (κ3) is 2.79. The number of rotatable bonds is 4. The van der Waals surface area contributed by atoms with Gasteiger partial charge in [0, 0.05) is 41.3 Å². The van der Waals surface area contributed by atoms with Gasteiger partial charge in [0.25, 0.3) is 0 Å². The Kier molecular flexibility index (Phi) is 3.74. The van der Waals surface area contributed by atoms with Crippen LogP contribution >= 0.6 is 0 Å². The molecule has 0 atom stereocenters. The first-order valence-electron chi connectivity index (χ1n) is 9.50. The molecule has 27 heavy (non-hydrogen) atoms. The van der Waals surface area contributed by atoms with E-state index in [-0.39, 0.29) is 0 Å². The lowest BCUT2D eigenvalue weighted by molar-refractivity contribution is 0.860. The van der Waals surface area contributed by atoms with Crippen molar-refractivity contribution in [3.8, 4) is 22.4 Å². The highest BCUT2D eigenvalue weighted by Crippen LogP contribution is 2.41. The van der Waals surface area contributed by atoms with E-state index in [1.54, 1.807) is 0 Å². The van der Waals surface area contributed by atoms with Crippen molar-refractivity contribution < 1.29 is 0 Å². The summed E-state index contributed by atoms with van der Waals surface area (Å²) in [5, 5.41) is 4.97. The highest BCUT2D eigenvalue weighted by molar-refractivity contribution is 5.80. The number of imidazole rings is 1. The molecule has 5 nitrogen and oxygen atoms in total. The van der Waals surface area contributed by atoms with Crippen LogP contribution in [0.25, 0.3) is 28.0 Å². The third-order valence-corrected chi connectivity index (χ3v) is 5.22. The van der Waals surface area contributed by atoms with Crippen molar-refractivity contribution in [2.75, 3.05) is 0 Å². The predicted molar refractivity (Wildman–Crippen MR) is 106 cm³/mol. The summed E-state index contributed by atoms with van der Waals surface area (Å²) < 4.78 is 2.02. The molecule has 1 aliphatic rings. The summed E-state index contributed by atoms with van der Waals surface area (Å²) >= 11 is 0. The van der Waals surface area contributed by atoms with Gasteiger partial charge in [-0.15, -0.1) is 0 Å². The molecule has 4 aromatic heterocycles. The van der Waals surface area contributed by atoms with Gasteiger partial charge in [-0.1, -0.05) is 6.92 Å². The number of aromatic nitrogens is 5. The minimum Gasteiger partial charge on any atom is -0.265 e. The molecule has 0 amide bonds. The van der Waals surface area contributed by atoms with Crippen LogP contribution in [0.1, 0.15) is 42.8 Å². The minimum atomic E-state index is 0.561. The van der Waals surface area contributed by atoms with Crippen LogP contribution in [0.15, 0.2) is 48.9 Å². The van der Waals surface area contributed by atoms with E-state index in [4.69, 9.17) is 10.1 Å². The van der Waals surface area contributed by atoms with Gasteiger partial charge in [0.05, 0.1) is 17.1 Å². The van der Waals surface area contributed by atoms with E-state index in [0.29, 0.717) is 5.92 Å². The average molecular weight is 355 g/mol. The number of nitrogens with zero attached hydrogens (tertiary/aromatic N) is 5. The second-order valence-electron chi connectivity index (χ2n) is 7.17. The van der Waals surface area contributed by atoms with Gasteiger partial charge in [0.1, 0.15) is 0 Å². The Bertz CT molecular complexity index is 1110. The van der Waals surface area contributed by atoms with Crippen LogP contribution in [0.3, 0.4) is 0 Å². The molecule has 1 fully saturated rings. The normalized spacial score (nSPS) is 14.0. The average Bonchev–Trinajstić information content (AvgIpc) is 3.51. The monoisotopic (exact) mass is 355 g/mol. The summed E-state index contributed by atoms with van der Waals surface area (Å²) in [4.78, 5) is 13.6. The molecule has 0 saturated heterocycles. The summed E-state index contributed by atoms with van der Waals surface area (Å²) in [7, 11) is 0. The molecule has 0 aromatic carbocycles. The van der Waals surface area contributed by atoms with E-state index in [2.05, 4.69) is 35.1 Å². The van der Waals surface area contributed by atoms with Crippen LogP contribution in [-0.4, -0.2) is 24.6 Å². The van der Waals surface area contributed by atoms with E-state index < -0.39 is 0 Å². The Labute approximate surface area is 158 Å². The van der Waals surface area contributed by atoms with Crippen LogP contribution in [0, 0.1) is 6.92 Å². The van der Waals surface area contributed by atoms with Crippen molar-refractivity contribution >= 4 is 5.65 Å². The minimum absolute atomic E-state index is 0.561. The van der Waals surface area contributed by atoms with Gasteiger partial charge in [-0.2, -0.15) is 5.10 Å². The molecule has 0 bridgehead atoms. The fraction of sp³-hybridized carbons (Fsp3) is 0.273. The lowest BCUT2D eigenvalue weighted by atomic mass is 10.1. The second-order valence-corrected chi connectivity index (χ2v) is 7.17. The number of hydrogen-bond acceptors (Lipinski definition) is 4. The lowest BCUT2D eigenvalue weighted by Gasteiger charge is -2.09. The zero-order valence-corrected chi connectivity index (χ0v) is 15.6. The van der Waals surface area contributed by atoms with Crippen molar-refractivity contribution in [3.63, 3.8) is 0 Å². The smallest absolute Gasteiger partial charge is 0.162 e. The quantitative estimate of drug-likeness (QED) is 0.537. The first kappa shape index (κ1) is 16.1. The summed E-state index contributed by atoms with van der Waals surface area (Å²) in [5.74, 6) is 0.561. The third-order valence-electron chi connectivity index (χ3n) is 5.22.